The normalized spacial score (nSPS) is 23.6. The van der Waals surface area contributed by atoms with Gasteiger partial charge in [0.15, 0.2) is 9.84 Å². The van der Waals surface area contributed by atoms with E-state index in [1.165, 1.54) is 11.0 Å². The van der Waals surface area contributed by atoms with Crippen molar-refractivity contribution in [1.82, 2.24) is 14.7 Å². The van der Waals surface area contributed by atoms with Crippen molar-refractivity contribution in [2.75, 3.05) is 49.6 Å². The number of aliphatic carboxylic acids is 1. The quantitative estimate of drug-likeness (QED) is 0.581. The lowest BCUT2D eigenvalue weighted by atomic mass is 9.93. The van der Waals surface area contributed by atoms with E-state index < -0.39 is 43.7 Å². The third-order valence-corrected chi connectivity index (χ3v) is 10.2. The number of carboxylic acids is 1. The average molecular weight is 556 g/mol. The fraction of sp³-hybridized carbons (Fsp3) is 0.600. The minimum atomic E-state index is -4.89. The van der Waals surface area contributed by atoms with Gasteiger partial charge in [0.05, 0.1) is 27.4 Å². The summed E-state index contributed by atoms with van der Waals surface area (Å²) in [5.74, 6) is -0.720. The van der Waals surface area contributed by atoms with Crippen LogP contribution in [0.5, 0.6) is 0 Å². The SMILES string of the molecule is Cc1cc(N2C[C@H](S(=O)(=O)c3ccc(N4CCN(C)CC4)cc3C(F)(F)F)C[C@H]2C(=O)O)n(C2CCC2)n1. The molecule has 0 amide bonds. The molecule has 3 heterocycles. The van der Waals surface area contributed by atoms with E-state index >= 15 is 0 Å². The highest BCUT2D eigenvalue weighted by Gasteiger charge is 2.48. The van der Waals surface area contributed by atoms with Crippen molar-refractivity contribution in [2.24, 2.45) is 0 Å². The van der Waals surface area contributed by atoms with Crippen LogP contribution < -0.4 is 9.80 Å². The lowest BCUT2D eigenvalue weighted by Crippen LogP contribution is -2.44. The number of rotatable bonds is 6. The molecule has 5 rings (SSSR count). The molecule has 1 aliphatic carbocycles. The maximum atomic E-state index is 14.2. The van der Waals surface area contributed by atoms with E-state index in [1.807, 2.05) is 11.9 Å². The monoisotopic (exact) mass is 555 g/mol. The molecule has 2 saturated heterocycles. The van der Waals surface area contributed by atoms with Gasteiger partial charge in [-0.25, -0.2) is 17.9 Å². The molecular weight excluding hydrogens is 523 g/mol. The van der Waals surface area contributed by atoms with E-state index in [0.717, 1.165) is 31.4 Å². The Morgan fingerprint density at radius 1 is 1.11 bits per heavy atom. The molecule has 2 aromatic rings. The van der Waals surface area contributed by atoms with Gasteiger partial charge >= 0.3 is 12.1 Å². The van der Waals surface area contributed by atoms with Gasteiger partial charge in [0.2, 0.25) is 0 Å². The topological polar surface area (TPSA) is 99.0 Å². The maximum Gasteiger partial charge on any atom is 0.417 e. The second kappa shape index (κ2) is 9.74. The summed E-state index contributed by atoms with van der Waals surface area (Å²) in [4.78, 5) is 16.7. The van der Waals surface area contributed by atoms with E-state index in [0.29, 0.717) is 43.4 Å². The van der Waals surface area contributed by atoms with Crippen molar-refractivity contribution in [2.45, 2.75) is 61.0 Å². The first kappa shape index (κ1) is 26.8. The Balaban J connectivity index is 1.49. The van der Waals surface area contributed by atoms with Gasteiger partial charge in [0, 0.05) is 44.5 Å². The van der Waals surface area contributed by atoms with E-state index in [1.54, 1.807) is 17.7 Å². The number of aryl methyl sites for hydroxylation is 1. The van der Waals surface area contributed by atoms with Crippen LogP contribution in [0.3, 0.4) is 0 Å². The molecule has 1 aromatic heterocycles. The second-order valence-electron chi connectivity index (χ2n) is 10.6. The molecule has 9 nitrogen and oxygen atoms in total. The minimum absolute atomic E-state index is 0.0998. The van der Waals surface area contributed by atoms with Crippen LogP contribution in [0.15, 0.2) is 29.2 Å². The van der Waals surface area contributed by atoms with Crippen LogP contribution in [-0.4, -0.2) is 85.2 Å². The molecular formula is C25H32F3N5O4S. The standard InChI is InChI=1S/C25H32F3N5O4S/c1-16-12-23(33(29-16)17-4-3-5-17)32-15-19(14-21(32)24(34)35)38(36,37)22-7-6-18(13-20(22)25(26,27)28)31-10-8-30(2)9-11-31/h6-7,12-13,17,19,21H,3-5,8-11,14-15H2,1-2H3,(H,34,35)/t19-,21+/m1/s1. The lowest BCUT2D eigenvalue weighted by Gasteiger charge is -2.34. The van der Waals surface area contributed by atoms with Crippen molar-refractivity contribution in [3.63, 3.8) is 0 Å². The molecule has 1 aromatic carbocycles. The molecule has 1 N–H and O–H groups in total. The third-order valence-electron chi connectivity index (χ3n) is 7.98. The number of carbonyl (C=O) groups is 1. The summed E-state index contributed by atoms with van der Waals surface area (Å²) in [6.07, 6.45) is -2.42. The second-order valence-corrected chi connectivity index (χ2v) is 12.7. The van der Waals surface area contributed by atoms with Gasteiger partial charge in [-0.3, -0.25) is 0 Å². The summed E-state index contributed by atoms with van der Waals surface area (Å²) in [6, 6.07) is 3.99. The van der Waals surface area contributed by atoms with Crippen molar-refractivity contribution in [3.05, 3.63) is 35.5 Å². The zero-order valence-electron chi connectivity index (χ0n) is 21.4. The Morgan fingerprint density at radius 3 is 2.37 bits per heavy atom. The number of anilines is 2. The molecule has 208 valence electrons. The lowest BCUT2D eigenvalue weighted by molar-refractivity contribution is -0.140. The van der Waals surface area contributed by atoms with Crippen LogP contribution in [0.4, 0.5) is 24.7 Å². The number of piperazine rings is 1. The van der Waals surface area contributed by atoms with Gasteiger partial charge in [0.1, 0.15) is 11.9 Å². The third kappa shape index (κ3) is 4.86. The minimum Gasteiger partial charge on any atom is -0.480 e. The van der Waals surface area contributed by atoms with E-state index in [-0.39, 0.29) is 19.0 Å². The largest absolute Gasteiger partial charge is 0.480 e. The number of likely N-dealkylation sites (N-methyl/N-ethyl adjacent to an activating group) is 1. The molecule has 0 radical (unpaired) electrons. The Bertz CT molecular complexity index is 1320. The molecule has 13 heteroatoms. The van der Waals surface area contributed by atoms with Gasteiger partial charge in [-0.05, 0) is 57.9 Å². The first-order valence-corrected chi connectivity index (χ1v) is 14.3. The number of halogens is 3. The number of benzene rings is 1. The predicted octanol–water partition coefficient (Wildman–Crippen LogP) is 3.19. The molecule has 1 saturated carbocycles. The summed E-state index contributed by atoms with van der Waals surface area (Å²) >= 11 is 0. The fourth-order valence-corrected chi connectivity index (χ4v) is 7.45. The first-order valence-electron chi connectivity index (χ1n) is 12.8. The zero-order valence-corrected chi connectivity index (χ0v) is 22.2. The predicted molar refractivity (Wildman–Crippen MR) is 135 cm³/mol. The number of carboxylic acid groups (broad SMARTS) is 1. The molecule has 3 fully saturated rings. The van der Waals surface area contributed by atoms with Crippen molar-refractivity contribution >= 4 is 27.3 Å². The van der Waals surface area contributed by atoms with Crippen LogP contribution in [0, 0.1) is 6.92 Å². The molecule has 2 aliphatic heterocycles. The number of alkyl halides is 3. The van der Waals surface area contributed by atoms with E-state index in [2.05, 4.69) is 10.00 Å². The summed E-state index contributed by atoms with van der Waals surface area (Å²) in [6.45, 7) is 3.99. The highest BCUT2D eigenvalue weighted by Crippen LogP contribution is 2.42. The molecule has 38 heavy (non-hydrogen) atoms. The van der Waals surface area contributed by atoms with Crippen molar-refractivity contribution in [3.8, 4) is 0 Å². The molecule has 0 unspecified atom stereocenters. The summed E-state index contributed by atoms with van der Waals surface area (Å²) < 4.78 is 71.8. The van der Waals surface area contributed by atoms with Gasteiger partial charge in [-0.1, -0.05) is 0 Å². The Morgan fingerprint density at radius 2 is 1.79 bits per heavy atom. The van der Waals surface area contributed by atoms with Gasteiger partial charge in [-0.15, -0.1) is 0 Å². The fourth-order valence-electron chi connectivity index (χ4n) is 5.56. The number of nitrogens with zero attached hydrogens (tertiary/aromatic N) is 5. The van der Waals surface area contributed by atoms with Gasteiger partial charge in [-0.2, -0.15) is 18.3 Å². The summed E-state index contributed by atoms with van der Waals surface area (Å²) in [5, 5.41) is 13.1. The van der Waals surface area contributed by atoms with Crippen molar-refractivity contribution < 1.29 is 31.5 Å². The number of sulfone groups is 1. The average Bonchev–Trinajstić information content (AvgIpc) is 3.42. The van der Waals surface area contributed by atoms with Gasteiger partial charge < -0.3 is 19.8 Å². The number of hydrogen-bond acceptors (Lipinski definition) is 7. The van der Waals surface area contributed by atoms with Crippen LogP contribution >= 0.6 is 0 Å². The molecule has 0 bridgehead atoms. The number of aromatic nitrogens is 2. The highest BCUT2D eigenvalue weighted by molar-refractivity contribution is 7.92. The molecule has 3 aliphatic rings. The zero-order chi connectivity index (χ0) is 27.4. The molecule has 2 atom stereocenters. The Hall–Kier alpha value is -2.80. The first-order chi connectivity index (χ1) is 17.9. The highest BCUT2D eigenvalue weighted by atomic mass is 32.2. The van der Waals surface area contributed by atoms with Crippen LogP contribution in [-0.2, 0) is 20.8 Å². The summed E-state index contributed by atoms with van der Waals surface area (Å²) in [7, 11) is -2.58. The maximum absolute atomic E-state index is 14.2. The number of hydrogen-bond donors (Lipinski definition) is 1. The van der Waals surface area contributed by atoms with Crippen LogP contribution in [0.1, 0.15) is 43.0 Å². The van der Waals surface area contributed by atoms with Gasteiger partial charge in [0.25, 0.3) is 0 Å². The summed E-state index contributed by atoms with van der Waals surface area (Å²) in [5.41, 5.74) is -0.225. The smallest absolute Gasteiger partial charge is 0.417 e. The van der Waals surface area contributed by atoms with Crippen LogP contribution in [0.25, 0.3) is 0 Å². The molecule has 0 spiro atoms. The van der Waals surface area contributed by atoms with E-state index in [9.17, 15) is 31.5 Å². The Kier molecular flexibility index (Phi) is 6.87. The van der Waals surface area contributed by atoms with Crippen LogP contribution in [0.2, 0.25) is 0 Å². The van der Waals surface area contributed by atoms with Crippen molar-refractivity contribution in [1.29, 1.82) is 0 Å². The van der Waals surface area contributed by atoms with E-state index in [4.69, 9.17) is 0 Å². The Labute approximate surface area is 219 Å².